The first kappa shape index (κ1) is 12.9. The van der Waals surface area contributed by atoms with E-state index in [1.54, 1.807) is 17.4 Å². The van der Waals surface area contributed by atoms with Crippen LogP contribution in [-0.2, 0) is 0 Å². The third-order valence-electron chi connectivity index (χ3n) is 3.57. The Morgan fingerprint density at radius 3 is 2.86 bits per heavy atom. The quantitative estimate of drug-likeness (QED) is 0.538. The number of hydrogen-bond donors (Lipinski definition) is 1. The molecule has 0 spiro atoms. The van der Waals surface area contributed by atoms with Crippen molar-refractivity contribution in [3.05, 3.63) is 70.3 Å². The highest BCUT2D eigenvalue weighted by atomic mass is 35.5. The molecule has 4 rings (SSSR count). The predicted octanol–water partition coefficient (Wildman–Crippen LogP) is 5.38. The number of aliphatic hydroxyl groups excluding tert-OH is 1. The Kier molecular flexibility index (Phi) is 3.00. The lowest BCUT2D eigenvalue weighted by Crippen LogP contribution is -1.96. The van der Waals surface area contributed by atoms with Crippen molar-refractivity contribution in [1.29, 1.82) is 0 Å². The second-order valence-electron chi connectivity index (χ2n) is 4.92. The van der Waals surface area contributed by atoms with Crippen LogP contribution in [-0.4, -0.2) is 5.11 Å². The molecule has 0 aliphatic rings. The lowest BCUT2D eigenvalue weighted by atomic mass is 10.1. The van der Waals surface area contributed by atoms with Crippen molar-refractivity contribution in [3.63, 3.8) is 0 Å². The molecule has 1 unspecified atom stereocenters. The smallest absolute Gasteiger partial charge is 0.138 e. The summed E-state index contributed by atoms with van der Waals surface area (Å²) < 4.78 is 6.91. The highest BCUT2D eigenvalue weighted by molar-refractivity contribution is 7.17. The number of thiophene rings is 1. The van der Waals surface area contributed by atoms with Gasteiger partial charge in [0.25, 0.3) is 0 Å². The molecule has 2 aromatic heterocycles. The molecule has 1 atom stereocenters. The summed E-state index contributed by atoms with van der Waals surface area (Å²) in [5.74, 6) is 0.538. The van der Waals surface area contributed by atoms with Crippen LogP contribution in [0.5, 0.6) is 0 Å². The van der Waals surface area contributed by atoms with E-state index < -0.39 is 6.10 Å². The van der Waals surface area contributed by atoms with Gasteiger partial charge in [0.1, 0.15) is 17.4 Å². The third kappa shape index (κ3) is 2.14. The van der Waals surface area contributed by atoms with Crippen molar-refractivity contribution in [2.75, 3.05) is 0 Å². The highest BCUT2D eigenvalue weighted by Gasteiger charge is 2.19. The number of hydrogen-bond acceptors (Lipinski definition) is 3. The number of aliphatic hydroxyl groups is 1. The Labute approximate surface area is 130 Å². The molecule has 0 saturated heterocycles. The van der Waals surface area contributed by atoms with Crippen LogP contribution < -0.4 is 0 Å². The summed E-state index contributed by atoms with van der Waals surface area (Å²) >= 11 is 7.61. The van der Waals surface area contributed by atoms with Gasteiger partial charge in [-0.05, 0) is 41.1 Å². The molecule has 0 amide bonds. The molecule has 2 aromatic carbocycles. The van der Waals surface area contributed by atoms with Crippen LogP contribution >= 0.6 is 22.9 Å². The lowest BCUT2D eigenvalue weighted by molar-refractivity contribution is 0.194. The maximum atomic E-state index is 10.6. The molecule has 4 aromatic rings. The van der Waals surface area contributed by atoms with Crippen LogP contribution in [0.15, 0.2) is 58.3 Å². The average molecular weight is 315 g/mol. The minimum Gasteiger partial charge on any atom is -0.458 e. The predicted molar refractivity (Wildman–Crippen MR) is 87.1 cm³/mol. The molecular weight excluding hydrogens is 304 g/mol. The molecule has 2 heterocycles. The van der Waals surface area contributed by atoms with Crippen LogP contribution in [0.4, 0.5) is 0 Å². The van der Waals surface area contributed by atoms with E-state index in [9.17, 15) is 5.11 Å². The molecule has 0 aliphatic carbocycles. The van der Waals surface area contributed by atoms with E-state index in [1.165, 1.54) is 0 Å². The molecule has 21 heavy (non-hydrogen) atoms. The molecule has 104 valence electrons. The summed E-state index contributed by atoms with van der Waals surface area (Å²) in [6, 6.07) is 15.3. The van der Waals surface area contributed by atoms with Crippen molar-refractivity contribution >= 4 is 44.0 Å². The molecule has 4 heteroatoms. The van der Waals surface area contributed by atoms with E-state index in [4.69, 9.17) is 16.0 Å². The fourth-order valence-electron chi connectivity index (χ4n) is 2.53. The molecule has 0 radical (unpaired) electrons. The summed E-state index contributed by atoms with van der Waals surface area (Å²) in [7, 11) is 0. The Morgan fingerprint density at radius 1 is 1.10 bits per heavy atom. The summed E-state index contributed by atoms with van der Waals surface area (Å²) in [5, 5.41) is 15.2. The zero-order chi connectivity index (χ0) is 14.4. The van der Waals surface area contributed by atoms with Crippen molar-refractivity contribution in [1.82, 2.24) is 0 Å². The Morgan fingerprint density at radius 2 is 1.95 bits per heavy atom. The van der Waals surface area contributed by atoms with Crippen molar-refractivity contribution < 1.29 is 9.52 Å². The van der Waals surface area contributed by atoms with E-state index >= 15 is 0 Å². The topological polar surface area (TPSA) is 33.4 Å². The first-order valence-corrected chi connectivity index (χ1v) is 7.81. The van der Waals surface area contributed by atoms with Crippen LogP contribution in [0.3, 0.4) is 0 Å². The van der Waals surface area contributed by atoms with Crippen LogP contribution in [0.25, 0.3) is 21.1 Å². The summed E-state index contributed by atoms with van der Waals surface area (Å²) in [4.78, 5) is 0. The van der Waals surface area contributed by atoms with Gasteiger partial charge >= 0.3 is 0 Å². The van der Waals surface area contributed by atoms with Crippen LogP contribution in [0.1, 0.15) is 17.4 Å². The van der Waals surface area contributed by atoms with Gasteiger partial charge in [-0.25, -0.2) is 0 Å². The standard InChI is InChI=1S/C17H11ClO2S/c18-11-5-6-14-10(7-11)8-15(20-14)17(19)13-9-21-16-4-2-1-3-12(13)16/h1-9,17,19H. The highest BCUT2D eigenvalue weighted by Crippen LogP contribution is 2.35. The number of rotatable bonds is 2. The molecule has 0 aliphatic heterocycles. The fraction of sp³-hybridized carbons (Fsp3) is 0.0588. The summed E-state index contributed by atoms with van der Waals surface area (Å²) in [6.45, 7) is 0. The van der Waals surface area contributed by atoms with E-state index in [-0.39, 0.29) is 0 Å². The maximum Gasteiger partial charge on any atom is 0.138 e. The van der Waals surface area contributed by atoms with E-state index in [0.29, 0.717) is 10.8 Å². The average Bonchev–Trinajstić information content (AvgIpc) is 3.09. The van der Waals surface area contributed by atoms with Crippen LogP contribution in [0.2, 0.25) is 5.02 Å². The first-order chi connectivity index (χ1) is 10.2. The summed E-state index contributed by atoms with van der Waals surface area (Å²) in [5.41, 5.74) is 1.61. The van der Waals surface area contributed by atoms with Crippen LogP contribution in [0, 0.1) is 0 Å². The number of halogens is 1. The largest absolute Gasteiger partial charge is 0.458 e. The first-order valence-electron chi connectivity index (χ1n) is 6.55. The van der Waals surface area contributed by atoms with Gasteiger partial charge in [-0.3, -0.25) is 0 Å². The monoisotopic (exact) mass is 314 g/mol. The van der Waals surface area contributed by atoms with Gasteiger partial charge in [0.15, 0.2) is 0 Å². The SMILES string of the molecule is OC(c1cc2cc(Cl)ccc2o1)c1csc2ccccc12. The van der Waals surface area contributed by atoms with Gasteiger partial charge in [-0.15, -0.1) is 11.3 Å². The zero-order valence-corrected chi connectivity index (χ0v) is 12.5. The number of furan rings is 1. The van der Waals surface area contributed by atoms with E-state index in [0.717, 1.165) is 26.6 Å². The Balaban J connectivity index is 1.83. The number of fused-ring (bicyclic) bond motifs is 2. The van der Waals surface area contributed by atoms with E-state index in [2.05, 4.69) is 6.07 Å². The van der Waals surface area contributed by atoms with Gasteiger partial charge < -0.3 is 9.52 Å². The minimum atomic E-state index is -0.771. The lowest BCUT2D eigenvalue weighted by Gasteiger charge is -2.06. The molecule has 0 saturated carbocycles. The second-order valence-corrected chi connectivity index (χ2v) is 6.27. The second kappa shape index (κ2) is 4.88. The normalized spacial score (nSPS) is 13.0. The van der Waals surface area contributed by atoms with Gasteiger partial charge in [-0.1, -0.05) is 29.8 Å². The van der Waals surface area contributed by atoms with Gasteiger partial charge in [-0.2, -0.15) is 0 Å². The van der Waals surface area contributed by atoms with Gasteiger partial charge in [0, 0.05) is 20.7 Å². The molecular formula is C17H11ClO2S. The molecule has 0 bridgehead atoms. The third-order valence-corrected chi connectivity index (χ3v) is 4.79. The van der Waals surface area contributed by atoms with Crippen molar-refractivity contribution in [2.45, 2.75) is 6.10 Å². The molecule has 2 nitrogen and oxygen atoms in total. The molecule has 1 N–H and O–H groups in total. The van der Waals surface area contributed by atoms with Gasteiger partial charge in [0.05, 0.1) is 0 Å². The fourth-order valence-corrected chi connectivity index (χ4v) is 3.69. The number of benzene rings is 2. The van der Waals surface area contributed by atoms with Crippen molar-refractivity contribution in [3.8, 4) is 0 Å². The maximum absolute atomic E-state index is 10.6. The minimum absolute atomic E-state index is 0.538. The van der Waals surface area contributed by atoms with Crippen molar-refractivity contribution in [2.24, 2.45) is 0 Å². The molecule has 0 fully saturated rings. The van der Waals surface area contributed by atoms with Gasteiger partial charge in [0.2, 0.25) is 0 Å². The Hall–Kier alpha value is -1.81. The Bertz CT molecular complexity index is 938. The zero-order valence-electron chi connectivity index (χ0n) is 10.9. The van der Waals surface area contributed by atoms with E-state index in [1.807, 2.05) is 41.8 Å². The summed E-state index contributed by atoms with van der Waals surface area (Å²) in [6.07, 6.45) is -0.771.